The quantitative estimate of drug-likeness (QED) is 0.0347. The van der Waals surface area contributed by atoms with Crippen LogP contribution in [0.5, 0.6) is 0 Å². The molecule has 0 aliphatic rings. The molecule has 0 N–H and O–H groups in total. The van der Waals surface area contributed by atoms with Crippen molar-refractivity contribution < 1.29 is 23.8 Å². The molecule has 0 aromatic heterocycles. The molecule has 0 rings (SSSR count). The van der Waals surface area contributed by atoms with Crippen molar-refractivity contribution in [3.8, 4) is 0 Å². The summed E-state index contributed by atoms with van der Waals surface area (Å²) in [6.07, 6.45) is 70.0. The Labute approximate surface area is 383 Å². The fourth-order valence-corrected chi connectivity index (χ4v) is 6.77. The van der Waals surface area contributed by atoms with Gasteiger partial charge in [0.05, 0.1) is 6.61 Å². The molecule has 354 valence electrons. The van der Waals surface area contributed by atoms with Crippen LogP contribution in [0.25, 0.3) is 0 Å². The van der Waals surface area contributed by atoms with Gasteiger partial charge in [0.2, 0.25) is 0 Å². The highest BCUT2D eigenvalue weighted by Crippen LogP contribution is 2.13. The monoisotopic (exact) mass is 861 g/mol. The highest BCUT2D eigenvalue weighted by molar-refractivity contribution is 5.70. The average Bonchev–Trinajstić information content (AvgIpc) is 3.27. The van der Waals surface area contributed by atoms with Gasteiger partial charge in [-0.3, -0.25) is 9.59 Å². The van der Waals surface area contributed by atoms with E-state index < -0.39 is 6.10 Å². The first-order chi connectivity index (χ1) is 30.6. The predicted octanol–water partition coefficient (Wildman–Crippen LogP) is 17.5. The zero-order valence-electron chi connectivity index (χ0n) is 40.6. The molecule has 62 heavy (non-hydrogen) atoms. The minimum atomic E-state index is -0.578. The first-order valence-electron chi connectivity index (χ1n) is 25.8. The minimum absolute atomic E-state index is 0.0360. The van der Waals surface area contributed by atoms with Gasteiger partial charge in [0.15, 0.2) is 6.10 Å². The van der Waals surface area contributed by atoms with E-state index in [2.05, 4.69) is 112 Å². The van der Waals surface area contributed by atoms with Gasteiger partial charge in [-0.15, -0.1) is 0 Å². The lowest BCUT2D eigenvalue weighted by Crippen LogP contribution is -2.30. The van der Waals surface area contributed by atoms with Crippen molar-refractivity contribution in [2.24, 2.45) is 0 Å². The summed E-state index contributed by atoms with van der Waals surface area (Å²) in [4.78, 5) is 25.3. The number of hydrogen-bond acceptors (Lipinski definition) is 5. The van der Waals surface area contributed by atoms with Gasteiger partial charge in [0.1, 0.15) is 6.61 Å². The SMILES string of the molecule is CC/C=C\C/C=C\C/C=C\C/C=C\CCC(=O)OCC(COCCCCCCCCCCCC/C=C\C/C=C\CCCCC)OC(=O)CCCCCCC/C=C\C/C=C\CCC. The summed E-state index contributed by atoms with van der Waals surface area (Å²) in [5.41, 5.74) is 0. The third-order valence-corrected chi connectivity index (χ3v) is 10.6. The van der Waals surface area contributed by atoms with Gasteiger partial charge in [-0.25, -0.2) is 0 Å². The number of rotatable bonds is 46. The lowest BCUT2D eigenvalue weighted by atomic mass is 10.1. The zero-order valence-corrected chi connectivity index (χ0v) is 40.6. The number of carbonyl (C=O) groups excluding carboxylic acids is 2. The molecule has 0 saturated carbocycles. The van der Waals surface area contributed by atoms with Gasteiger partial charge in [0.25, 0.3) is 0 Å². The van der Waals surface area contributed by atoms with Crippen LogP contribution in [0.2, 0.25) is 0 Å². The second-order valence-corrected chi connectivity index (χ2v) is 16.7. The highest BCUT2D eigenvalue weighted by atomic mass is 16.6. The Morgan fingerprint density at radius 3 is 1.29 bits per heavy atom. The van der Waals surface area contributed by atoms with Crippen molar-refractivity contribution in [2.45, 2.75) is 232 Å². The topological polar surface area (TPSA) is 61.8 Å². The number of ether oxygens (including phenoxy) is 3. The van der Waals surface area contributed by atoms with Crippen molar-refractivity contribution >= 4 is 11.9 Å². The van der Waals surface area contributed by atoms with Crippen LogP contribution in [0.3, 0.4) is 0 Å². The summed E-state index contributed by atoms with van der Waals surface area (Å²) in [6.45, 7) is 7.52. The Bertz CT molecular complexity index is 1200. The average molecular weight is 861 g/mol. The number of hydrogen-bond donors (Lipinski definition) is 0. The molecule has 0 aromatic rings. The fourth-order valence-electron chi connectivity index (χ4n) is 6.77. The summed E-state index contributed by atoms with van der Waals surface area (Å²) in [6, 6.07) is 0. The van der Waals surface area contributed by atoms with E-state index in [-0.39, 0.29) is 25.2 Å². The molecule has 0 radical (unpaired) electrons. The molecule has 0 spiro atoms. The maximum Gasteiger partial charge on any atom is 0.306 e. The van der Waals surface area contributed by atoms with Crippen LogP contribution in [0, 0.1) is 0 Å². The van der Waals surface area contributed by atoms with Crippen molar-refractivity contribution in [1.82, 2.24) is 0 Å². The third kappa shape index (κ3) is 49.5. The second-order valence-electron chi connectivity index (χ2n) is 16.7. The number of allylic oxidation sites excluding steroid dienone is 16. The van der Waals surface area contributed by atoms with E-state index in [4.69, 9.17) is 14.2 Å². The van der Waals surface area contributed by atoms with Gasteiger partial charge in [-0.05, 0) is 103 Å². The van der Waals surface area contributed by atoms with Crippen LogP contribution in [0.4, 0.5) is 0 Å². The molecule has 0 aliphatic heterocycles. The summed E-state index contributed by atoms with van der Waals surface area (Å²) in [5.74, 6) is -0.512. The highest BCUT2D eigenvalue weighted by Gasteiger charge is 2.17. The van der Waals surface area contributed by atoms with E-state index in [1.54, 1.807) is 0 Å². The Kier molecular flexibility index (Phi) is 49.5. The normalized spacial score (nSPS) is 13.0. The predicted molar refractivity (Wildman–Crippen MR) is 270 cm³/mol. The van der Waals surface area contributed by atoms with Gasteiger partial charge < -0.3 is 14.2 Å². The van der Waals surface area contributed by atoms with Gasteiger partial charge in [-0.2, -0.15) is 0 Å². The van der Waals surface area contributed by atoms with Gasteiger partial charge >= 0.3 is 11.9 Å². The van der Waals surface area contributed by atoms with Crippen molar-refractivity contribution in [2.75, 3.05) is 19.8 Å². The lowest BCUT2D eigenvalue weighted by Gasteiger charge is -2.18. The van der Waals surface area contributed by atoms with Crippen LogP contribution < -0.4 is 0 Å². The summed E-state index contributed by atoms with van der Waals surface area (Å²) < 4.78 is 17.3. The lowest BCUT2D eigenvalue weighted by molar-refractivity contribution is -0.162. The molecule has 5 heteroatoms. The largest absolute Gasteiger partial charge is 0.462 e. The van der Waals surface area contributed by atoms with E-state index in [0.717, 1.165) is 83.5 Å². The number of carbonyl (C=O) groups is 2. The van der Waals surface area contributed by atoms with Crippen LogP contribution in [0.1, 0.15) is 226 Å². The molecule has 0 bridgehead atoms. The van der Waals surface area contributed by atoms with Gasteiger partial charge in [-0.1, -0.05) is 208 Å². The third-order valence-electron chi connectivity index (χ3n) is 10.6. The van der Waals surface area contributed by atoms with E-state index >= 15 is 0 Å². The molecule has 0 saturated heterocycles. The van der Waals surface area contributed by atoms with Gasteiger partial charge in [0, 0.05) is 19.4 Å². The first-order valence-corrected chi connectivity index (χ1v) is 25.8. The van der Waals surface area contributed by atoms with E-state index in [1.807, 2.05) is 6.08 Å². The molecule has 0 amide bonds. The van der Waals surface area contributed by atoms with Crippen LogP contribution >= 0.6 is 0 Å². The van der Waals surface area contributed by atoms with E-state index in [9.17, 15) is 9.59 Å². The molecular weight excluding hydrogens is 765 g/mol. The Morgan fingerprint density at radius 2 is 0.790 bits per heavy atom. The smallest absolute Gasteiger partial charge is 0.306 e. The van der Waals surface area contributed by atoms with Crippen molar-refractivity contribution in [1.29, 1.82) is 0 Å². The molecule has 0 aliphatic carbocycles. The summed E-state index contributed by atoms with van der Waals surface area (Å²) >= 11 is 0. The Morgan fingerprint density at radius 1 is 0.371 bits per heavy atom. The number of esters is 2. The van der Waals surface area contributed by atoms with E-state index in [1.165, 1.54) is 103 Å². The molecule has 1 unspecified atom stereocenters. The maximum atomic E-state index is 12.8. The molecule has 0 heterocycles. The number of unbranched alkanes of at least 4 members (excludes halogenated alkanes) is 19. The van der Waals surface area contributed by atoms with Crippen LogP contribution in [-0.2, 0) is 23.8 Å². The Hall–Kier alpha value is -3.18. The second kappa shape index (κ2) is 52.2. The first kappa shape index (κ1) is 58.8. The van der Waals surface area contributed by atoms with Crippen molar-refractivity contribution in [3.05, 3.63) is 97.2 Å². The molecule has 0 fully saturated rings. The molecule has 0 aromatic carbocycles. The maximum absolute atomic E-state index is 12.8. The Balaban J connectivity index is 4.33. The summed E-state index contributed by atoms with van der Waals surface area (Å²) in [7, 11) is 0. The molecule has 5 nitrogen and oxygen atoms in total. The molecule has 1 atom stereocenters. The van der Waals surface area contributed by atoms with Crippen molar-refractivity contribution in [3.63, 3.8) is 0 Å². The summed E-state index contributed by atoms with van der Waals surface area (Å²) in [5, 5.41) is 0. The van der Waals surface area contributed by atoms with Crippen LogP contribution in [0.15, 0.2) is 97.2 Å². The minimum Gasteiger partial charge on any atom is -0.462 e. The fraction of sp³-hybridized carbons (Fsp3) is 0.684. The van der Waals surface area contributed by atoms with E-state index in [0.29, 0.717) is 25.9 Å². The standard InChI is InChI=1S/C57H96O5/c1-4-7-10-13-16-19-22-25-26-27-28-29-30-31-34-37-40-43-46-49-52-60-53-55(62-57(59)51-48-45-42-39-36-33-24-21-18-15-12-9-6-3)54-61-56(58)50-47-44-41-38-35-32-23-20-17-14-11-8-5-2/h8,11-12,15-17,19-21,24-26,32,35,41,44,55H,4-7,9-10,13-14,18,22-23,27-31,33-34,36-40,42-43,45-54H2,1-3H3/b11-8-,15-12-,19-16-,20-17-,24-21-,26-25-,35-32-,44-41-. The van der Waals surface area contributed by atoms with Crippen LogP contribution in [-0.4, -0.2) is 37.9 Å². The zero-order chi connectivity index (χ0) is 44.9. The molecular formula is C57H96O5.